The van der Waals surface area contributed by atoms with Crippen molar-refractivity contribution in [3.8, 4) is 0 Å². The van der Waals surface area contributed by atoms with Crippen LogP contribution in [0.4, 0.5) is 0 Å². The highest BCUT2D eigenvalue weighted by Gasteiger charge is 2.36. The van der Waals surface area contributed by atoms with Crippen LogP contribution in [0, 0.1) is 0 Å². The Balaban J connectivity index is 2.06. The summed E-state index contributed by atoms with van der Waals surface area (Å²) in [4.78, 5) is 0. The van der Waals surface area contributed by atoms with Crippen LogP contribution in [0.25, 0.3) is 0 Å². The van der Waals surface area contributed by atoms with Gasteiger partial charge >= 0.3 is 0 Å². The van der Waals surface area contributed by atoms with Crippen LogP contribution < -0.4 is 5.32 Å². The number of ether oxygens (including phenoxy) is 1. The van der Waals surface area contributed by atoms with Crippen LogP contribution in [-0.4, -0.2) is 56.9 Å². The van der Waals surface area contributed by atoms with Gasteiger partial charge in [-0.15, -0.1) is 0 Å². The van der Waals surface area contributed by atoms with E-state index in [2.05, 4.69) is 12.2 Å². The maximum absolute atomic E-state index is 12.6. The molecule has 0 radical (unpaired) electrons. The molecule has 19 heavy (non-hydrogen) atoms. The maximum atomic E-state index is 12.6. The second-order valence-electron chi connectivity index (χ2n) is 5.66. The van der Waals surface area contributed by atoms with Crippen LogP contribution in [-0.2, 0) is 14.8 Å². The Morgan fingerprint density at radius 1 is 1.32 bits per heavy atom. The van der Waals surface area contributed by atoms with E-state index in [1.54, 1.807) is 4.31 Å². The summed E-state index contributed by atoms with van der Waals surface area (Å²) in [6.07, 6.45) is 4.79. The predicted molar refractivity (Wildman–Crippen MR) is 75.6 cm³/mol. The number of likely N-dealkylation sites (N-methyl/N-ethyl adjacent to an activating group) is 1. The van der Waals surface area contributed by atoms with Crippen molar-refractivity contribution in [2.75, 3.05) is 26.0 Å². The lowest BCUT2D eigenvalue weighted by atomic mass is 9.99. The molecule has 2 fully saturated rings. The zero-order valence-electron chi connectivity index (χ0n) is 12.0. The zero-order chi connectivity index (χ0) is 13.9. The molecule has 1 N–H and O–H groups in total. The molecular weight excluding hydrogens is 264 g/mol. The number of piperidine rings is 1. The molecule has 2 aliphatic heterocycles. The molecule has 0 aliphatic carbocycles. The lowest BCUT2D eigenvalue weighted by molar-refractivity contribution is 0.124. The van der Waals surface area contributed by atoms with E-state index in [0.29, 0.717) is 13.2 Å². The number of rotatable bonds is 5. The van der Waals surface area contributed by atoms with E-state index in [0.717, 1.165) is 32.1 Å². The van der Waals surface area contributed by atoms with Crippen molar-refractivity contribution in [1.29, 1.82) is 0 Å². The molecule has 2 saturated heterocycles. The highest BCUT2D eigenvalue weighted by molar-refractivity contribution is 7.89. The summed E-state index contributed by atoms with van der Waals surface area (Å²) in [5.74, 6) is 0.153. The average Bonchev–Trinajstić information content (AvgIpc) is 2.90. The van der Waals surface area contributed by atoms with Crippen molar-refractivity contribution < 1.29 is 13.2 Å². The summed E-state index contributed by atoms with van der Waals surface area (Å²) in [6, 6.07) is 0.282. The normalized spacial score (nSPS) is 31.5. The summed E-state index contributed by atoms with van der Waals surface area (Å²) in [5.41, 5.74) is 0. The Kier molecular flexibility index (Phi) is 5.22. The Morgan fingerprint density at radius 3 is 2.74 bits per heavy atom. The Labute approximate surface area is 116 Å². The van der Waals surface area contributed by atoms with Gasteiger partial charge in [-0.25, -0.2) is 8.42 Å². The average molecular weight is 290 g/mol. The Bertz CT molecular complexity index is 379. The quantitative estimate of drug-likeness (QED) is 0.819. The minimum Gasteiger partial charge on any atom is -0.377 e. The number of hydrogen-bond donors (Lipinski definition) is 1. The molecule has 0 amide bonds. The van der Waals surface area contributed by atoms with Gasteiger partial charge in [0.1, 0.15) is 0 Å². The van der Waals surface area contributed by atoms with Crippen LogP contribution in [0.5, 0.6) is 0 Å². The van der Waals surface area contributed by atoms with E-state index in [1.165, 1.54) is 0 Å². The lowest BCUT2D eigenvalue weighted by Gasteiger charge is -2.38. The topological polar surface area (TPSA) is 58.6 Å². The van der Waals surface area contributed by atoms with Crippen molar-refractivity contribution in [3.63, 3.8) is 0 Å². The summed E-state index contributed by atoms with van der Waals surface area (Å²) >= 11 is 0. The van der Waals surface area contributed by atoms with Crippen LogP contribution in [0.15, 0.2) is 0 Å². The van der Waals surface area contributed by atoms with Gasteiger partial charge in [0.05, 0.1) is 11.9 Å². The monoisotopic (exact) mass is 290 g/mol. The van der Waals surface area contributed by atoms with Crippen LogP contribution in [0.3, 0.4) is 0 Å². The van der Waals surface area contributed by atoms with Crippen molar-refractivity contribution in [3.05, 3.63) is 0 Å². The fourth-order valence-electron chi connectivity index (χ4n) is 3.07. The zero-order valence-corrected chi connectivity index (χ0v) is 12.8. The number of nitrogens with zero attached hydrogens (tertiary/aromatic N) is 1. The van der Waals surface area contributed by atoms with Crippen LogP contribution in [0.2, 0.25) is 0 Å². The molecule has 0 spiro atoms. The summed E-state index contributed by atoms with van der Waals surface area (Å²) in [5, 5.41) is 3.19. The molecule has 0 aromatic rings. The molecule has 6 heteroatoms. The molecule has 0 aromatic heterocycles. The molecule has 0 bridgehead atoms. The van der Waals surface area contributed by atoms with Gasteiger partial charge < -0.3 is 10.1 Å². The highest BCUT2D eigenvalue weighted by atomic mass is 32.2. The molecule has 2 aliphatic rings. The molecule has 5 nitrogen and oxygen atoms in total. The maximum Gasteiger partial charge on any atom is 0.216 e. The first kappa shape index (κ1) is 15.2. The van der Waals surface area contributed by atoms with E-state index in [1.807, 2.05) is 7.05 Å². The standard InChI is InChI=1S/C13H26N2O3S/c1-11(14-2)13-7-3-4-8-15(13)19(16,17)10-12-6-5-9-18-12/h11-14H,3-10H2,1-2H3. The first-order valence-electron chi connectivity index (χ1n) is 7.33. The van der Waals surface area contributed by atoms with Gasteiger partial charge in [-0.1, -0.05) is 6.42 Å². The molecule has 112 valence electrons. The van der Waals surface area contributed by atoms with Crippen molar-refractivity contribution >= 4 is 10.0 Å². The Hall–Kier alpha value is -0.170. The fourth-order valence-corrected chi connectivity index (χ4v) is 5.11. The molecule has 3 atom stereocenters. The Morgan fingerprint density at radius 2 is 2.11 bits per heavy atom. The molecule has 2 heterocycles. The second kappa shape index (κ2) is 6.52. The SMILES string of the molecule is CNC(C)C1CCCCN1S(=O)(=O)CC1CCCO1. The van der Waals surface area contributed by atoms with Gasteiger partial charge in [-0.3, -0.25) is 0 Å². The van der Waals surface area contributed by atoms with Gasteiger partial charge in [-0.05, 0) is 39.7 Å². The van der Waals surface area contributed by atoms with Gasteiger partial charge in [0, 0.05) is 25.2 Å². The minimum atomic E-state index is -3.20. The predicted octanol–water partition coefficient (Wildman–Crippen LogP) is 0.958. The first-order chi connectivity index (χ1) is 9.04. The lowest BCUT2D eigenvalue weighted by Crippen LogP contribution is -2.53. The van der Waals surface area contributed by atoms with Gasteiger partial charge in [0.25, 0.3) is 0 Å². The molecule has 0 aromatic carbocycles. The van der Waals surface area contributed by atoms with Crippen molar-refractivity contribution in [2.24, 2.45) is 0 Å². The third-order valence-electron chi connectivity index (χ3n) is 4.31. The molecule has 3 unspecified atom stereocenters. The van der Waals surface area contributed by atoms with Gasteiger partial charge in [-0.2, -0.15) is 4.31 Å². The number of sulfonamides is 1. The summed E-state index contributed by atoms with van der Waals surface area (Å²) in [6.45, 7) is 3.42. The summed E-state index contributed by atoms with van der Waals surface area (Å²) in [7, 11) is -1.31. The van der Waals surface area contributed by atoms with E-state index in [4.69, 9.17) is 4.74 Å². The summed E-state index contributed by atoms with van der Waals surface area (Å²) < 4.78 is 32.4. The van der Waals surface area contributed by atoms with E-state index >= 15 is 0 Å². The molecular formula is C13H26N2O3S. The second-order valence-corrected chi connectivity index (χ2v) is 7.63. The van der Waals surface area contributed by atoms with E-state index < -0.39 is 10.0 Å². The minimum absolute atomic E-state index is 0.0881. The smallest absolute Gasteiger partial charge is 0.216 e. The highest BCUT2D eigenvalue weighted by Crippen LogP contribution is 2.25. The molecule has 2 rings (SSSR count). The number of hydrogen-bond acceptors (Lipinski definition) is 4. The first-order valence-corrected chi connectivity index (χ1v) is 8.94. The third kappa shape index (κ3) is 3.68. The third-order valence-corrected chi connectivity index (χ3v) is 6.27. The van der Waals surface area contributed by atoms with Crippen LogP contribution >= 0.6 is 0 Å². The van der Waals surface area contributed by atoms with Crippen molar-refractivity contribution in [2.45, 2.75) is 57.2 Å². The number of nitrogens with one attached hydrogen (secondary N) is 1. The van der Waals surface area contributed by atoms with Crippen LogP contribution in [0.1, 0.15) is 39.0 Å². The largest absolute Gasteiger partial charge is 0.377 e. The van der Waals surface area contributed by atoms with E-state index in [9.17, 15) is 8.42 Å². The van der Waals surface area contributed by atoms with Gasteiger partial charge in [0.2, 0.25) is 10.0 Å². The van der Waals surface area contributed by atoms with Gasteiger partial charge in [0.15, 0.2) is 0 Å². The van der Waals surface area contributed by atoms with Crippen molar-refractivity contribution in [1.82, 2.24) is 9.62 Å². The fraction of sp³-hybridized carbons (Fsp3) is 1.00. The molecule has 0 saturated carbocycles. The van der Waals surface area contributed by atoms with E-state index in [-0.39, 0.29) is 23.9 Å².